The van der Waals surface area contributed by atoms with Crippen LogP contribution in [-0.2, 0) is 4.74 Å². The van der Waals surface area contributed by atoms with Gasteiger partial charge in [0.05, 0.1) is 12.2 Å². The molecular weight excluding hydrogens is 233 g/mol. The Balaban J connectivity index is 2.51. The molecule has 0 fully saturated rings. The van der Waals surface area contributed by atoms with Crippen molar-refractivity contribution < 1.29 is 13.9 Å². The quantitative estimate of drug-likeness (QED) is 0.780. The van der Waals surface area contributed by atoms with E-state index in [-0.39, 0.29) is 12.2 Å². The molecule has 1 aromatic heterocycles. The SMILES string of the molecule is CCOC(=O)c1cc(F)ccc1-c1cccnc1. The van der Waals surface area contributed by atoms with Gasteiger partial charge in [0, 0.05) is 18.0 Å². The van der Waals surface area contributed by atoms with Gasteiger partial charge in [0.1, 0.15) is 5.82 Å². The zero-order valence-corrected chi connectivity index (χ0v) is 9.89. The first kappa shape index (κ1) is 12.2. The third-order valence-electron chi connectivity index (χ3n) is 2.45. The van der Waals surface area contributed by atoms with Gasteiger partial charge in [-0.15, -0.1) is 0 Å². The lowest BCUT2D eigenvalue weighted by molar-refractivity contribution is 0.0526. The first-order valence-electron chi connectivity index (χ1n) is 5.59. The van der Waals surface area contributed by atoms with E-state index >= 15 is 0 Å². The minimum Gasteiger partial charge on any atom is -0.462 e. The molecule has 2 rings (SSSR count). The number of ether oxygens (including phenoxy) is 1. The molecule has 92 valence electrons. The molecule has 1 heterocycles. The van der Waals surface area contributed by atoms with Crippen LogP contribution in [0.15, 0.2) is 42.7 Å². The number of hydrogen-bond donors (Lipinski definition) is 0. The van der Waals surface area contributed by atoms with Gasteiger partial charge in [-0.3, -0.25) is 4.98 Å². The molecule has 0 spiro atoms. The van der Waals surface area contributed by atoms with Gasteiger partial charge in [-0.25, -0.2) is 9.18 Å². The highest BCUT2D eigenvalue weighted by molar-refractivity contribution is 5.97. The van der Waals surface area contributed by atoms with Crippen molar-refractivity contribution in [2.45, 2.75) is 6.92 Å². The molecule has 0 aliphatic carbocycles. The molecule has 0 aliphatic rings. The van der Waals surface area contributed by atoms with Crippen molar-refractivity contribution in [3.05, 3.63) is 54.1 Å². The number of carbonyl (C=O) groups excluding carboxylic acids is 1. The summed E-state index contributed by atoms with van der Waals surface area (Å²) in [7, 11) is 0. The molecule has 0 N–H and O–H groups in total. The number of rotatable bonds is 3. The smallest absolute Gasteiger partial charge is 0.338 e. The van der Waals surface area contributed by atoms with Crippen LogP contribution in [0.2, 0.25) is 0 Å². The van der Waals surface area contributed by atoms with Crippen molar-refractivity contribution in [1.82, 2.24) is 4.98 Å². The van der Waals surface area contributed by atoms with E-state index in [2.05, 4.69) is 4.98 Å². The van der Waals surface area contributed by atoms with Gasteiger partial charge in [0.2, 0.25) is 0 Å². The molecule has 4 heteroatoms. The van der Waals surface area contributed by atoms with Gasteiger partial charge in [0.25, 0.3) is 0 Å². The maximum Gasteiger partial charge on any atom is 0.338 e. The summed E-state index contributed by atoms with van der Waals surface area (Å²) in [5, 5.41) is 0. The Hall–Kier alpha value is -2.23. The van der Waals surface area contributed by atoms with Gasteiger partial charge in [-0.2, -0.15) is 0 Å². The van der Waals surface area contributed by atoms with Crippen LogP contribution in [0.3, 0.4) is 0 Å². The number of aromatic nitrogens is 1. The second-order valence-corrected chi connectivity index (χ2v) is 3.65. The maximum absolute atomic E-state index is 13.2. The summed E-state index contributed by atoms with van der Waals surface area (Å²) in [4.78, 5) is 15.8. The number of pyridine rings is 1. The summed E-state index contributed by atoms with van der Waals surface area (Å²) in [6, 6.07) is 7.61. The number of nitrogens with zero attached hydrogens (tertiary/aromatic N) is 1. The summed E-state index contributed by atoms with van der Waals surface area (Å²) >= 11 is 0. The zero-order chi connectivity index (χ0) is 13.0. The zero-order valence-electron chi connectivity index (χ0n) is 9.89. The normalized spacial score (nSPS) is 10.1. The second-order valence-electron chi connectivity index (χ2n) is 3.65. The van der Waals surface area contributed by atoms with Crippen LogP contribution in [-0.4, -0.2) is 17.6 Å². The van der Waals surface area contributed by atoms with Gasteiger partial charge < -0.3 is 4.74 Å². The molecule has 18 heavy (non-hydrogen) atoms. The van der Waals surface area contributed by atoms with E-state index in [4.69, 9.17) is 4.74 Å². The molecule has 0 bridgehead atoms. The predicted molar refractivity (Wildman–Crippen MR) is 65.6 cm³/mol. The second kappa shape index (κ2) is 5.40. The van der Waals surface area contributed by atoms with Crippen molar-refractivity contribution in [1.29, 1.82) is 0 Å². The highest BCUT2D eigenvalue weighted by Gasteiger charge is 2.14. The minimum atomic E-state index is -0.532. The summed E-state index contributed by atoms with van der Waals surface area (Å²) in [6.45, 7) is 1.96. The Bertz CT molecular complexity index is 555. The average Bonchev–Trinajstić information content (AvgIpc) is 2.40. The molecule has 0 amide bonds. The standard InChI is InChI=1S/C14H12FNO2/c1-2-18-14(17)13-8-11(15)5-6-12(13)10-4-3-7-16-9-10/h3-9H,2H2,1H3. The first-order chi connectivity index (χ1) is 8.72. The van der Waals surface area contributed by atoms with Crippen LogP contribution in [0.4, 0.5) is 4.39 Å². The fourth-order valence-electron chi connectivity index (χ4n) is 1.67. The van der Waals surface area contributed by atoms with Crippen LogP contribution in [0.25, 0.3) is 11.1 Å². The third-order valence-corrected chi connectivity index (χ3v) is 2.45. The lowest BCUT2D eigenvalue weighted by Crippen LogP contribution is -2.07. The van der Waals surface area contributed by atoms with E-state index in [1.54, 1.807) is 31.5 Å². The molecule has 0 aliphatic heterocycles. The van der Waals surface area contributed by atoms with Gasteiger partial charge in [-0.1, -0.05) is 12.1 Å². The summed E-state index contributed by atoms with van der Waals surface area (Å²) in [5.41, 5.74) is 1.58. The van der Waals surface area contributed by atoms with Crippen molar-refractivity contribution in [2.75, 3.05) is 6.61 Å². The number of carbonyl (C=O) groups is 1. The Morgan fingerprint density at radius 3 is 2.89 bits per heavy atom. The van der Waals surface area contributed by atoms with Gasteiger partial charge in [0.15, 0.2) is 0 Å². The fraction of sp³-hybridized carbons (Fsp3) is 0.143. The molecule has 0 saturated carbocycles. The van der Waals surface area contributed by atoms with Crippen LogP contribution in [0.1, 0.15) is 17.3 Å². The van der Waals surface area contributed by atoms with Gasteiger partial charge >= 0.3 is 5.97 Å². The van der Waals surface area contributed by atoms with Crippen molar-refractivity contribution in [3.63, 3.8) is 0 Å². The highest BCUT2D eigenvalue weighted by atomic mass is 19.1. The highest BCUT2D eigenvalue weighted by Crippen LogP contribution is 2.24. The lowest BCUT2D eigenvalue weighted by atomic mass is 10.0. The molecule has 1 aromatic carbocycles. The summed E-state index contributed by atoms with van der Waals surface area (Å²) in [6.07, 6.45) is 3.26. The first-order valence-corrected chi connectivity index (χ1v) is 5.59. The molecule has 3 nitrogen and oxygen atoms in total. The number of halogens is 1. The van der Waals surface area contributed by atoms with Crippen molar-refractivity contribution in [2.24, 2.45) is 0 Å². The third kappa shape index (κ3) is 2.53. The molecule has 0 unspecified atom stereocenters. The molecule has 0 radical (unpaired) electrons. The van der Waals surface area contributed by atoms with Crippen LogP contribution < -0.4 is 0 Å². The van der Waals surface area contributed by atoms with E-state index < -0.39 is 11.8 Å². The molecule has 0 saturated heterocycles. The topological polar surface area (TPSA) is 39.2 Å². The Labute approximate surface area is 104 Å². The van der Waals surface area contributed by atoms with E-state index in [0.29, 0.717) is 5.56 Å². The Morgan fingerprint density at radius 1 is 1.39 bits per heavy atom. The number of benzene rings is 1. The minimum absolute atomic E-state index is 0.213. The van der Waals surface area contributed by atoms with Crippen molar-refractivity contribution >= 4 is 5.97 Å². The molecular formula is C14H12FNO2. The van der Waals surface area contributed by atoms with Crippen LogP contribution in [0, 0.1) is 5.82 Å². The maximum atomic E-state index is 13.2. The monoisotopic (exact) mass is 245 g/mol. The van der Waals surface area contributed by atoms with Crippen LogP contribution >= 0.6 is 0 Å². The van der Waals surface area contributed by atoms with Gasteiger partial charge in [-0.05, 0) is 30.7 Å². The molecule has 2 aromatic rings. The van der Waals surface area contributed by atoms with Crippen molar-refractivity contribution in [3.8, 4) is 11.1 Å². The average molecular weight is 245 g/mol. The number of esters is 1. The van der Waals surface area contributed by atoms with E-state index in [1.165, 1.54) is 12.1 Å². The lowest BCUT2D eigenvalue weighted by Gasteiger charge is -2.08. The van der Waals surface area contributed by atoms with Crippen LogP contribution in [0.5, 0.6) is 0 Å². The summed E-state index contributed by atoms with van der Waals surface area (Å²) < 4.78 is 18.2. The largest absolute Gasteiger partial charge is 0.462 e. The Morgan fingerprint density at radius 2 is 2.22 bits per heavy atom. The predicted octanol–water partition coefficient (Wildman–Crippen LogP) is 3.06. The van der Waals surface area contributed by atoms with E-state index in [9.17, 15) is 9.18 Å². The molecule has 0 atom stereocenters. The summed E-state index contributed by atoms with van der Waals surface area (Å²) in [5.74, 6) is -0.999. The number of hydrogen-bond acceptors (Lipinski definition) is 3. The Kier molecular flexibility index (Phi) is 3.67. The fourth-order valence-corrected chi connectivity index (χ4v) is 1.67. The van der Waals surface area contributed by atoms with E-state index in [1.807, 2.05) is 6.07 Å². The van der Waals surface area contributed by atoms with E-state index in [0.717, 1.165) is 5.56 Å².